The van der Waals surface area contributed by atoms with Crippen molar-refractivity contribution in [3.8, 4) is 0 Å². The number of aliphatic imine (C=N–C) groups is 2. The summed E-state index contributed by atoms with van der Waals surface area (Å²) in [6, 6.07) is -9.21. The lowest BCUT2D eigenvalue weighted by atomic mass is 10.0. The summed E-state index contributed by atoms with van der Waals surface area (Å²) in [5.41, 5.74) is 26.8. The number of thioether (sulfide) groups is 1. The number of carboxylic acids is 2. The SMILES string of the molecule is CSCCC(NC(=O)C(CCC(=O)O)NC(=O)C(CCC(=O)O)NC(=O)CCC(=O)OCC(O)C1OC(=O)C(OP(=O)(O)O)=C1O)C(=O)NC(CCC(N)=O)C(=O)NC(CCCN=C(N)N)C(=O)NC(C=O)CCCN=C(N)N. The van der Waals surface area contributed by atoms with Crippen molar-refractivity contribution < 1.29 is 106 Å². The Morgan fingerprint density at radius 2 is 1.11 bits per heavy atom. The first-order chi connectivity index (χ1) is 37.0. The Morgan fingerprint density at radius 3 is 1.56 bits per heavy atom. The number of nitrogens with zero attached hydrogens (tertiary/aromatic N) is 2. The Bertz CT molecular complexity index is 2330. The van der Waals surface area contributed by atoms with Crippen LogP contribution in [0.15, 0.2) is 21.5 Å². The average molecular weight is 1170 g/mol. The number of phosphoric ester groups is 1. The lowest BCUT2D eigenvalue weighted by Crippen LogP contribution is -2.59. The Balaban J connectivity index is 3.32. The van der Waals surface area contributed by atoms with Gasteiger partial charge in [0.15, 0.2) is 23.8 Å². The van der Waals surface area contributed by atoms with E-state index < -0.39 is 191 Å². The third-order valence-corrected chi connectivity index (χ3v) is 11.7. The number of ether oxygens (including phenoxy) is 2. The van der Waals surface area contributed by atoms with Crippen LogP contribution in [-0.4, -0.2) is 194 Å². The zero-order chi connectivity index (χ0) is 60.0. The van der Waals surface area contributed by atoms with Crippen molar-refractivity contribution in [1.82, 2.24) is 31.9 Å². The molecule has 0 aliphatic carbocycles. The highest BCUT2D eigenvalue weighted by Crippen LogP contribution is 2.42. The molecule has 0 spiro atoms. The lowest BCUT2D eigenvalue weighted by Gasteiger charge is -2.27. The molecule has 1 aliphatic heterocycles. The van der Waals surface area contributed by atoms with Gasteiger partial charge in [-0.2, -0.15) is 11.8 Å². The van der Waals surface area contributed by atoms with E-state index in [1.54, 1.807) is 6.26 Å². The number of nitrogens with two attached hydrogens (primary N) is 5. The molecule has 35 nitrogen and oxygen atoms in total. The normalized spacial score (nSPS) is 15.6. The molecule has 1 aliphatic rings. The molecular weight excluding hydrogens is 1100 g/mol. The maximum atomic E-state index is 14.0. The van der Waals surface area contributed by atoms with E-state index >= 15 is 0 Å². The highest BCUT2D eigenvalue weighted by molar-refractivity contribution is 7.98. The van der Waals surface area contributed by atoms with Crippen molar-refractivity contribution in [2.45, 2.75) is 132 Å². The number of nitrogens with one attached hydrogen (secondary N) is 6. The van der Waals surface area contributed by atoms with Crippen molar-refractivity contribution in [2.75, 3.05) is 31.7 Å². The van der Waals surface area contributed by atoms with Gasteiger partial charge in [-0.15, -0.1) is 0 Å². The van der Waals surface area contributed by atoms with Gasteiger partial charge in [0.1, 0.15) is 49.2 Å². The molecule has 0 aromatic rings. The molecule has 8 unspecified atom stereocenters. The number of amides is 7. The monoisotopic (exact) mass is 1170 g/mol. The Morgan fingerprint density at radius 1 is 0.671 bits per heavy atom. The van der Waals surface area contributed by atoms with Crippen LogP contribution in [-0.2, 0) is 76.1 Å². The van der Waals surface area contributed by atoms with Crippen LogP contribution in [0.3, 0.4) is 0 Å². The second-order valence-corrected chi connectivity index (χ2v) is 19.2. The molecule has 22 N–H and O–H groups in total. The molecular formula is C42H68N13O22PS. The minimum absolute atomic E-state index is 0.000143. The molecule has 0 aromatic heterocycles. The number of hydrogen-bond donors (Lipinski definition) is 17. The number of aliphatic hydroxyl groups is 2. The van der Waals surface area contributed by atoms with Crippen molar-refractivity contribution >= 4 is 103 Å². The summed E-state index contributed by atoms with van der Waals surface area (Å²) < 4.78 is 24.5. The molecule has 8 atom stereocenters. The number of carbonyl (C=O) groups is 12. The molecule has 0 saturated heterocycles. The van der Waals surface area contributed by atoms with E-state index in [1.807, 2.05) is 0 Å². The molecule has 0 saturated carbocycles. The van der Waals surface area contributed by atoms with Gasteiger partial charge in [-0.1, -0.05) is 0 Å². The van der Waals surface area contributed by atoms with E-state index in [4.69, 9.17) is 43.2 Å². The number of esters is 2. The van der Waals surface area contributed by atoms with Gasteiger partial charge in [0, 0.05) is 38.8 Å². The van der Waals surface area contributed by atoms with E-state index in [-0.39, 0.29) is 62.9 Å². The van der Waals surface area contributed by atoms with Gasteiger partial charge in [0.25, 0.3) is 5.76 Å². The van der Waals surface area contributed by atoms with Gasteiger partial charge < -0.3 is 99.8 Å². The van der Waals surface area contributed by atoms with Gasteiger partial charge >= 0.3 is 31.7 Å². The molecule has 79 heavy (non-hydrogen) atoms. The molecule has 444 valence electrons. The second-order valence-electron chi connectivity index (χ2n) is 17.0. The quantitative estimate of drug-likeness (QED) is 0.00677. The summed E-state index contributed by atoms with van der Waals surface area (Å²) in [6.07, 6.45) is -7.04. The van der Waals surface area contributed by atoms with E-state index in [2.05, 4.69) is 51.1 Å². The number of aliphatic hydroxyl groups excluding tert-OH is 2. The first kappa shape index (κ1) is 69.2. The van der Waals surface area contributed by atoms with E-state index in [0.717, 1.165) is 0 Å². The fourth-order valence-electron chi connectivity index (χ4n) is 6.71. The van der Waals surface area contributed by atoms with Crippen LogP contribution in [0.2, 0.25) is 0 Å². The average Bonchev–Trinajstić information content (AvgIpc) is 3.63. The number of cyclic esters (lactones) is 1. The molecule has 1 heterocycles. The van der Waals surface area contributed by atoms with Crippen LogP contribution in [0.1, 0.15) is 83.5 Å². The topological polar surface area (TPSA) is 598 Å². The number of hydrogen-bond acceptors (Lipinski definition) is 21. The first-order valence-electron chi connectivity index (χ1n) is 23.8. The third-order valence-electron chi connectivity index (χ3n) is 10.6. The Kier molecular flexibility index (Phi) is 31.2. The Hall–Kier alpha value is -7.82. The van der Waals surface area contributed by atoms with Crippen LogP contribution in [0.5, 0.6) is 0 Å². The predicted octanol–water partition coefficient (Wildman–Crippen LogP) is -6.56. The number of phosphoric acid groups is 1. The van der Waals surface area contributed by atoms with Gasteiger partial charge in [-0.05, 0) is 63.4 Å². The molecule has 0 bridgehead atoms. The van der Waals surface area contributed by atoms with Crippen LogP contribution in [0, 0.1) is 0 Å². The van der Waals surface area contributed by atoms with E-state index in [0.29, 0.717) is 6.29 Å². The highest BCUT2D eigenvalue weighted by atomic mass is 32.2. The number of rotatable bonds is 40. The van der Waals surface area contributed by atoms with Crippen LogP contribution >= 0.6 is 19.6 Å². The molecule has 1 rings (SSSR count). The number of aliphatic carboxylic acids is 2. The van der Waals surface area contributed by atoms with Gasteiger partial charge in [-0.3, -0.25) is 67.7 Å². The first-order valence-corrected chi connectivity index (χ1v) is 26.7. The molecule has 37 heteroatoms. The fourth-order valence-corrected chi connectivity index (χ4v) is 7.59. The van der Waals surface area contributed by atoms with Gasteiger partial charge in [-0.25, -0.2) is 9.36 Å². The molecule has 0 fully saturated rings. The largest absolute Gasteiger partial charge is 0.525 e. The molecule has 0 radical (unpaired) electrons. The lowest BCUT2D eigenvalue weighted by molar-refractivity contribution is -0.155. The molecule has 0 aromatic carbocycles. The fraction of sp³-hybridized carbons (Fsp3) is 0.619. The number of carboxylic acid groups (broad SMARTS) is 2. The summed E-state index contributed by atoms with van der Waals surface area (Å²) in [5, 5.41) is 53.4. The summed E-state index contributed by atoms with van der Waals surface area (Å²) in [7, 11) is -5.36. The van der Waals surface area contributed by atoms with Crippen molar-refractivity contribution in [2.24, 2.45) is 38.7 Å². The number of primary amides is 1. The maximum absolute atomic E-state index is 14.0. The van der Waals surface area contributed by atoms with E-state index in [1.165, 1.54) is 11.8 Å². The van der Waals surface area contributed by atoms with Crippen LogP contribution in [0.25, 0.3) is 0 Å². The predicted molar refractivity (Wildman–Crippen MR) is 272 cm³/mol. The standard InChI is InChI=1S/C42H68N13O22PS/c1-79-17-14-25(39(70)53-23(6-9-27(43)58)37(68)52-21(5-3-16-49-42(46)47)35(66)50-20(18-56)4-2-15-48-41(44)45)55-38(69)24(8-12-30(62)63)54-36(67)22(7-11-29(60)61)51-28(59)10-13-31(64)75-19-26(57)33-32(65)34(40(71)76-33)77-78(72,73)74/h18,20-26,33,57,65H,2-17,19H2,1H3,(H2,43,58)(H,50,66)(H,51,59)(H,52,68)(H,53,70)(H,54,67)(H,55,69)(H,60,61)(H,62,63)(H4,44,45,48)(H4,46,47,49)(H2,72,73,74). The number of carbonyl (C=O) groups excluding carboxylic acids is 10. The Labute approximate surface area is 454 Å². The van der Waals surface area contributed by atoms with Gasteiger partial charge in [0.2, 0.25) is 41.4 Å². The second kappa shape index (κ2) is 35.6. The highest BCUT2D eigenvalue weighted by Gasteiger charge is 2.43. The van der Waals surface area contributed by atoms with Crippen LogP contribution in [0.4, 0.5) is 0 Å². The summed E-state index contributed by atoms with van der Waals surface area (Å²) in [4.78, 5) is 179. The van der Waals surface area contributed by atoms with E-state index in [9.17, 15) is 82.5 Å². The number of guanidine groups is 2. The molecule has 7 amide bonds. The van der Waals surface area contributed by atoms with Crippen molar-refractivity contribution in [1.29, 1.82) is 0 Å². The van der Waals surface area contributed by atoms with Gasteiger partial charge in [0.05, 0.1) is 12.5 Å². The number of aldehydes is 1. The maximum Gasteiger partial charge on any atom is 0.525 e. The minimum atomic E-state index is -5.36. The zero-order valence-electron chi connectivity index (χ0n) is 42.6. The zero-order valence-corrected chi connectivity index (χ0v) is 44.3. The van der Waals surface area contributed by atoms with Crippen molar-refractivity contribution in [3.63, 3.8) is 0 Å². The minimum Gasteiger partial charge on any atom is -0.505 e. The smallest absolute Gasteiger partial charge is 0.505 e. The summed E-state index contributed by atoms with van der Waals surface area (Å²) in [5.74, 6) is -15.8. The summed E-state index contributed by atoms with van der Waals surface area (Å²) in [6.45, 7) is -0.885. The third kappa shape index (κ3) is 28.9. The summed E-state index contributed by atoms with van der Waals surface area (Å²) >= 11 is 1.21. The van der Waals surface area contributed by atoms with Crippen molar-refractivity contribution in [3.05, 3.63) is 11.5 Å². The van der Waals surface area contributed by atoms with Crippen LogP contribution < -0.4 is 60.6 Å².